The molecule has 1 heterocycles. The number of anilines is 1. The van der Waals surface area contributed by atoms with Gasteiger partial charge in [0.25, 0.3) is 0 Å². The average Bonchev–Trinajstić information content (AvgIpc) is 2.30. The Morgan fingerprint density at radius 1 is 1.18 bits per heavy atom. The molecule has 0 amide bonds. The van der Waals surface area contributed by atoms with Crippen molar-refractivity contribution in [2.24, 2.45) is 0 Å². The third-order valence-corrected chi connectivity index (χ3v) is 7.10. The van der Waals surface area contributed by atoms with E-state index in [1.54, 1.807) is 0 Å². The Morgan fingerprint density at radius 2 is 1.82 bits per heavy atom. The zero-order valence-corrected chi connectivity index (χ0v) is 13.6. The van der Waals surface area contributed by atoms with Crippen molar-refractivity contribution in [1.29, 1.82) is 0 Å². The molecule has 0 N–H and O–H groups in total. The summed E-state index contributed by atoms with van der Waals surface area (Å²) in [6, 6.07) is 6.78. The third-order valence-electron chi connectivity index (χ3n) is 3.30. The number of likely N-dealkylation sites (N-methyl/N-ethyl adjacent to an activating group) is 1. The zero-order chi connectivity index (χ0) is 12.4. The molecular weight excluding hydrogens is 347 g/mol. The summed E-state index contributed by atoms with van der Waals surface area (Å²) in [5, 5.41) is 0. The Morgan fingerprint density at radius 3 is 2.41 bits per heavy atom. The van der Waals surface area contributed by atoms with Gasteiger partial charge in [-0.3, -0.25) is 0 Å². The van der Waals surface area contributed by atoms with Gasteiger partial charge in [0, 0.05) is 0 Å². The molecule has 0 unspecified atom stereocenters. The molecule has 2 rings (SSSR count). The number of rotatable bonds is 2. The Kier molecular flexibility index (Phi) is 4.55. The van der Waals surface area contributed by atoms with Crippen LogP contribution in [0.2, 0.25) is 0 Å². The molecule has 0 atom stereocenters. The van der Waals surface area contributed by atoms with E-state index in [2.05, 4.69) is 46.9 Å². The van der Waals surface area contributed by atoms with E-state index >= 15 is 0 Å². The van der Waals surface area contributed by atoms with Crippen LogP contribution in [0.15, 0.2) is 18.2 Å². The van der Waals surface area contributed by atoms with Gasteiger partial charge in [-0.2, -0.15) is 0 Å². The quantitative estimate of drug-likeness (QED) is 0.586. The number of halogens is 2. The van der Waals surface area contributed by atoms with Crippen molar-refractivity contribution in [2.75, 3.05) is 43.1 Å². The second-order valence-electron chi connectivity index (χ2n) is 4.63. The molecular formula is C13H20ClIN2. The van der Waals surface area contributed by atoms with E-state index in [0.29, 0.717) is 0 Å². The van der Waals surface area contributed by atoms with Gasteiger partial charge in [0.2, 0.25) is 0 Å². The predicted octanol–water partition coefficient (Wildman–Crippen LogP) is 3.21. The second kappa shape index (κ2) is 5.76. The molecule has 1 aliphatic rings. The zero-order valence-electron chi connectivity index (χ0n) is 10.7. The third kappa shape index (κ3) is 3.26. The molecule has 0 spiro atoms. The van der Waals surface area contributed by atoms with Crippen LogP contribution >= 0.6 is 27.6 Å². The Hall–Kier alpha value is -0.0000000000000000555. The maximum absolute atomic E-state index is 6.37. The number of piperazine rings is 1. The molecule has 1 aliphatic heterocycles. The van der Waals surface area contributed by atoms with Crippen LogP contribution in [0, 0.1) is 10.5 Å². The molecule has 0 saturated carbocycles. The minimum atomic E-state index is -1.40. The summed E-state index contributed by atoms with van der Waals surface area (Å²) in [5.74, 6) is 0. The van der Waals surface area contributed by atoms with Gasteiger partial charge in [0.1, 0.15) is 0 Å². The van der Waals surface area contributed by atoms with Crippen LogP contribution in [0.3, 0.4) is 0 Å². The molecule has 4 heteroatoms. The van der Waals surface area contributed by atoms with Crippen LogP contribution in [0.25, 0.3) is 0 Å². The van der Waals surface area contributed by atoms with Gasteiger partial charge in [-0.05, 0) is 0 Å². The van der Waals surface area contributed by atoms with Gasteiger partial charge in [-0.25, -0.2) is 0 Å². The number of aryl methyl sites for hydroxylation is 1. The van der Waals surface area contributed by atoms with Crippen LogP contribution in [-0.4, -0.2) is 43.1 Å². The summed E-state index contributed by atoms with van der Waals surface area (Å²) in [6.07, 6.45) is 0. The van der Waals surface area contributed by atoms with Crippen molar-refractivity contribution in [3.8, 4) is 0 Å². The standard InChI is InChI=1S/C13H20ClIN2/c1-11-4-5-12(10-13(11)15(2)14)17-8-6-16(3)7-9-17/h4-5,10H,6-9H2,1-3H3. The second-order valence-corrected chi connectivity index (χ2v) is 11.0. The van der Waals surface area contributed by atoms with Crippen molar-refractivity contribution in [3.63, 3.8) is 0 Å². The Labute approximate surface area is 115 Å². The molecule has 1 aromatic rings. The van der Waals surface area contributed by atoms with E-state index in [0.717, 1.165) is 26.2 Å². The van der Waals surface area contributed by atoms with Crippen LogP contribution in [0.4, 0.5) is 5.69 Å². The number of nitrogens with zero attached hydrogens (tertiary/aromatic N) is 2. The molecule has 2 nitrogen and oxygen atoms in total. The van der Waals surface area contributed by atoms with Crippen LogP contribution in [0.1, 0.15) is 5.56 Å². The van der Waals surface area contributed by atoms with Crippen LogP contribution < -0.4 is 4.90 Å². The number of hydrogen-bond acceptors (Lipinski definition) is 2. The molecule has 0 aliphatic carbocycles. The van der Waals surface area contributed by atoms with Crippen molar-refractivity contribution < 1.29 is 0 Å². The Balaban J connectivity index is 2.19. The van der Waals surface area contributed by atoms with Crippen LogP contribution in [-0.2, 0) is 0 Å². The molecule has 0 bridgehead atoms. The predicted molar refractivity (Wildman–Crippen MR) is 85.4 cm³/mol. The molecule has 1 fully saturated rings. The minimum absolute atomic E-state index is 1.12. The first-order valence-corrected chi connectivity index (χ1v) is 11.9. The molecule has 1 saturated heterocycles. The van der Waals surface area contributed by atoms with Crippen molar-refractivity contribution in [3.05, 3.63) is 27.3 Å². The fourth-order valence-electron chi connectivity index (χ4n) is 2.12. The molecule has 96 valence electrons. The van der Waals surface area contributed by atoms with E-state index in [4.69, 9.17) is 8.91 Å². The summed E-state index contributed by atoms with van der Waals surface area (Å²) in [6.45, 7) is 6.72. The van der Waals surface area contributed by atoms with Crippen molar-refractivity contribution in [1.82, 2.24) is 4.90 Å². The topological polar surface area (TPSA) is 6.48 Å². The summed E-state index contributed by atoms with van der Waals surface area (Å²) in [7, 11) is 8.56. The SMILES string of the molecule is Cc1ccc(N2CCN(C)CC2)cc1I(C)Cl. The first kappa shape index (κ1) is 13.4. The summed E-state index contributed by atoms with van der Waals surface area (Å²) < 4.78 is 1.41. The molecule has 0 aromatic heterocycles. The Bertz CT molecular complexity index is 387. The van der Waals surface area contributed by atoms with Gasteiger partial charge in [0.15, 0.2) is 0 Å². The normalized spacial score (nSPS) is 18.4. The fourth-order valence-corrected chi connectivity index (χ4v) is 5.26. The first-order chi connectivity index (χ1) is 8.08. The van der Waals surface area contributed by atoms with Gasteiger partial charge >= 0.3 is 116 Å². The molecule has 1 aromatic carbocycles. The number of alkyl halides is 1. The van der Waals surface area contributed by atoms with Crippen molar-refractivity contribution >= 4 is 33.3 Å². The van der Waals surface area contributed by atoms with E-state index in [-0.39, 0.29) is 0 Å². The van der Waals surface area contributed by atoms with Gasteiger partial charge in [-0.15, -0.1) is 0 Å². The summed E-state index contributed by atoms with van der Waals surface area (Å²) in [5.41, 5.74) is 2.70. The molecule has 0 radical (unpaired) electrons. The van der Waals surface area contributed by atoms with Gasteiger partial charge in [0.05, 0.1) is 0 Å². The fraction of sp³-hybridized carbons (Fsp3) is 0.538. The van der Waals surface area contributed by atoms with Crippen molar-refractivity contribution in [2.45, 2.75) is 6.92 Å². The summed E-state index contributed by atoms with van der Waals surface area (Å²) >= 11 is -1.40. The van der Waals surface area contributed by atoms with Gasteiger partial charge in [-0.1, -0.05) is 0 Å². The average molecular weight is 367 g/mol. The number of benzene rings is 1. The number of hydrogen-bond donors (Lipinski definition) is 0. The van der Waals surface area contributed by atoms with E-state index in [9.17, 15) is 0 Å². The maximum atomic E-state index is 6.37. The molecule has 17 heavy (non-hydrogen) atoms. The first-order valence-electron chi connectivity index (χ1n) is 5.88. The van der Waals surface area contributed by atoms with E-state index in [1.165, 1.54) is 14.8 Å². The van der Waals surface area contributed by atoms with E-state index in [1.807, 2.05) is 0 Å². The summed E-state index contributed by atoms with van der Waals surface area (Å²) in [4.78, 5) is 7.05. The van der Waals surface area contributed by atoms with Gasteiger partial charge < -0.3 is 0 Å². The monoisotopic (exact) mass is 366 g/mol. The van der Waals surface area contributed by atoms with E-state index < -0.39 is 18.7 Å². The van der Waals surface area contributed by atoms with Crippen LogP contribution in [0.5, 0.6) is 0 Å².